The van der Waals surface area contributed by atoms with Crippen LogP contribution in [0.3, 0.4) is 0 Å². The summed E-state index contributed by atoms with van der Waals surface area (Å²) < 4.78 is 22.5. The Bertz CT molecular complexity index is 843. The van der Waals surface area contributed by atoms with E-state index >= 15 is 0 Å². The minimum Gasteiger partial charge on any atom is -0.338 e. The average Bonchev–Trinajstić information content (AvgIpc) is 3.18. The second-order valence-electron chi connectivity index (χ2n) is 5.41. The SMILES string of the molecule is CCCc1noc(C[S@@](=O)Cc2nc(-c3ccccc3C)no2)n1. The first kappa shape index (κ1) is 16.5. The molecule has 7 nitrogen and oxygen atoms in total. The number of nitrogens with zero attached hydrogens (tertiary/aromatic N) is 4. The smallest absolute Gasteiger partial charge is 0.239 e. The van der Waals surface area contributed by atoms with Gasteiger partial charge in [-0.2, -0.15) is 9.97 Å². The predicted octanol–water partition coefficient (Wildman–Crippen LogP) is 2.83. The van der Waals surface area contributed by atoms with Crippen LogP contribution in [-0.2, 0) is 28.7 Å². The molecule has 2 aromatic heterocycles. The van der Waals surface area contributed by atoms with Crippen LogP contribution in [-0.4, -0.2) is 24.5 Å². The molecule has 0 radical (unpaired) electrons. The summed E-state index contributed by atoms with van der Waals surface area (Å²) in [5, 5.41) is 7.81. The number of rotatable bonds is 7. The standard InChI is InChI=1S/C16H18N4O3S/c1-3-6-13-17-14(22-19-13)9-24(21)10-15-18-16(20-23-15)12-8-5-4-7-11(12)2/h4-5,7-8H,3,6,9-10H2,1-2H3/t24-/m1/s1. The van der Waals surface area contributed by atoms with Gasteiger partial charge in [-0.15, -0.1) is 0 Å². The zero-order valence-corrected chi connectivity index (χ0v) is 14.4. The summed E-state index contributed by atoms with van der Waals surface area (Å²) in [5.41, 5.74) is 1.96. The van der Waals surface area contributed by atoms with Crippen LogP contribution in [0.2, 0.25) is 0 Å². The number of aryl methyl sites for hydroxylation is 2. The lowest BCUT2D eigenvalue weighted by atomic mass is 10.1. The largest absolute Gasteiger partial charge is 0.338 e. The first-order chi connectivity index (χ1) is 11.7. The maximum absolute atomic E-state index is 12.2. The molecule has 126 valence electrons. The van der Waals surface area contributed by atoms with Crippen LogP contribution >= 0.6 is 0 Å². The Morgan fingerprint density at radius 1 is 1.04 bits per heavy atom. The van der Waals surface area contributed by atoms with Gasteiger partial charge in [0.25, 0.3) is 0 Å². The third kappa shape index (κ3) is 3.94. The Balaban J connectivity index is 1.64. The van der Waals surface area contributed by atoms with Gasteiger partial charge in [0.2, 0.25) is 17.6 Å². The molecule has 0 spiro atoms. The average molecular weight is 346 g/mol. The summed E-state index contributed by atoms with van der Waals surface area (Å²) in [6.45, 7) is 4.02. The Labute approximate surface area is 141 Å². The van der Waals surface area contributed by atoms with Crippen molar-refractivity contribution in [1.29, 1.82) is 0 Å². The normalized spacial score (nSPS) is 12.4. The summed E-state index contributed by atoms with van der Waals surface area (Å²) in [6.07, 6.45) is 1.69. The molecule has 0 aliphatic carbocycles. The molecule has 3 aromatic rings. The molecule has 3 rings (SSSR count). The van der Waals surface area contributed by atoms with E-state index in [0.717, 1.165) is 24.0 Å². The Hall–Kier alpha value is -2.35. The van der Waals surface area contributed by atoms with E-state index < -0.39 is 10.8 Å². The van der Waals surface area contributed by atoms with Gasteiger partial charge in [-0.25, -0.2) is 0 Å². The zero-order valence-electron chi connectivity index (χ0n) is 13.6. The number of aromatic nitrogens is 4. The Morgan fingerprint density at radius 3 is 2.50 bits per heavy atom. The molecule has 0 saturated carbocycles. The molecule has 1 atom stereocenters. The maximum atomic E-state index is 12.2. The molecule has 0 aliphatic rings. The van der Waals surface area contributed by atoms with E-state index in [-0.39, 0.29) is 11.5 Å². The quantitative estimate of drug-likeness (QED) is 0.649. The third-order valence-electron chi connectivity index (χ3n) is 3.41. The molecule has 0 N–H and O–H groups in total. The minimum atomic E-state index is -1.25. The highest BCUT2D eigenvalue weighted by Crippen LogP contribution is 2.20. The van der Waals surface area contributed by atoms with Crippen molar-refractivity contribution in [3.63, 3.8) is 0 Å². The summed E-state index contributed by atoms with van der Waals surface area (Å²) >= 11 is 0. The van der Waals surface area contributed by atoms with Gasteiger partial charge in [0.05, 0.1) is 0 Å². The molecule has 0 unspecified atom stereocenters. The van der Waals surface area contributed by atoms with Crippen LogP contribution in [0.15, 0.2) is 33.3 Å². The maximum Gasteiger partial charge on any atom is 0.239 e. The lowest BCUT2D eigenvalue weighted by Gasteiger charge is -1.98. The van der Waals surface area contributed by atoms with Gasteiger partial charge in [0.15, 0.2) is 5.82 Å². The summed E-state index contributed by atoms with van der Waals surface area (Å²) in [5.74, 6) is 2.19. The van der Waals surface area contributed by atoms with E-state index in [1.165, 1.54) is 0 Å². The van der Waals surface area contributed by atoms with Crippen LogP contribution in [0, 0.1) is 6.92 Å². The van der Waals surface area contributed by atoms with Gasteiger partial charge in [0.1, 0.15) is 11.5 Å². The molecule has 8 heteroatoms. The first-order valence-corrected chi connectivity index (χ1v) is 9.19. The molecular weight excluding hydrogens is 328 g/mol. The molecule has 1 aromatic carbocycles. The lowest BCUT2D eigenvalue weighted by Crippen LogP contribution is -2.00. The fourth-order valence-electron chi connectivity index (χ4n) is 2.25. The highest BCUT2D eigenvalue weighted by molar-refractivity contribution is 7.83. The minimum absolute atomic E-state index is 0.157. The van der Waals surface area contributed by atoms with Crippen molar-refractivity contribution in [2.75, 3.05) is 0 Å². The van der Waals surface area contributed by atoms with Crippen LogP contribution in [0.4, 0.5) is 0 Å². The van der Waals surface area contributed by atoms with Gasteiger partial charge < -0.3 is 9.05 Å². The fraction of sp³-hybridized carbons (Fsp3) is 0.375. The molecule has 0 aliphatic heterocycles. The number of hydrogen-bond donors (Lipinski definition) is 0. The third-order valence-corrected chi connectivity index (χ3v) is 4.54. The predicted molar refractivity (Wildman–Crippen MR) is 88.3 cm³/mol. The van der Waals surface area contributed by atoms with E-state index in [2.05, 4.69) is 20.3 Å². The fourth-order valence-corrected chi connectivity index (χ4v) is 3.13. The van der Waals surface area contributed by atoms with E-state index in [0.29, 0.717) is 23.4 Å². The topological polar surface area (TPSA) is 94.9 Å². The van der Waals surface area contributed by atoms with Crippen molar-refractivity contribution in [3.05, 3.63) is 47.4 Å². The molecule has 0 amide bonds. The van der Waals surface area contributed by atoms with Gasteiger partial charge in [-0.1, -0.05) is 41.5 Å². The lowest BCUT2D eigenvalue weighted by molar-refractivity contribution is 0.382. The van der Waals surface area contributed by atoms with Gasteiger partial charge >= 0.3 is 0 Å². The Kier molecular flexibility index (Phi) is 5.14. The number of hydrogen-bond acceptors (Lipinski definition) is 7. The second-order valence-corrected chi connectivity index (χ2v) is 6.87. The molecular formula is C16H18N4O3S. The molecule has 2 heterocycles. The van der Waals surface area contributed by atoms with Crippen molar-refractivity contribution >= 4 is 10.8 Å². The summed E-state index contributed by atoms with van der Waals surface area (Å²) in [4.78, 5) is 8.53. The van der Waals surface area contributed by atoms with Gasteiger partial charge in [-0.3, -0.25) is 4.21 Å². The van der Waals surface area contributed by atoms with E-state index in [9.17, 15) is 4.21 Å². The van der Waals surface area contributed by atoms with Crippen LogP contribution < -0.4 is 0 Å². The van der Waals surface area contributed by atoms with Crippen molar-refractivity contribution in [2.45, 2.75) is 38.2 Å². The molecule has 24 heavy (non-hydrogen) atoms. The van der Waals surface area contributed by atoms with Crippen LogP contribution in [0.5, 0.6) is 0 Å². The van der Waals surface area contributed by atoms with E-state index in [1.807, 2.05) is 38.1 Å². The van der Waals surface area contributed by atoms with Gasteiger partial charge in [-0.05, 0) is 18.9 Å². The van der Waals surface area contributed by atoms with Gasteiger partial charge in [0, 0.05) is 22.8 Å². The van der Waals surface area contributed by atoms with E-state index in [4.69, 9.17) is 9.05 Å². The van der Waals surface area contributed by atoms with Crippen molar-refractivity contribution < 1.29 is 13.3 Å². The highest BCUT2D eigenvalue weighted by atomic mass is 32.2. The van der Waals surface area contributed by atoms with Crippen LogP contribution in [0.25, 0.3) is 11.4 Å². The van der Waals surface area contributed by atoms with Crippen LogP contribution in [0.1, 0.15) is 36.5 Å². The highest BCUT2D eigenvalue weighted by Gasteiger charge is 2.15. The molecule has 0 bridgehead atoms. The monoisotopic (exact) mass is 346 g/mol. The van der Waals surface area contributed by atoms with Crippen molar-refractivity contribution in [2.24, 2.45) is 0 Å². The number of benzene rings is 1. The van der Waals surface area contributed by atoms with Crippen molar-refractivity contribution in [3.8, 4) is 11.4 Å². The zero-order chi connectivity index (χ0) is 16.9. The summed E-state index contributed by atoms with van der Waals surface area (Å²) in [7, 11) is -1.25. The van der Waals surface area contributed by atoms with Crippen molar-refractivity contribution in [1.82, 2.24) is 20.3 Å². The second kappa shape index (κ2) is 7.48. The summed E-state index contributed by atoms with van der Waals surface area (Å²) in [6, 6.07) is 7.77. The van der Waals surface area contributed by atoms with E-state index in [1.54, 1.807) is 0 Å². The molecule has 0 saturated heterocycles. The first-order valence-electron chi connectivity index (χ1n) is 7.70. The molecule has 0 fully saturated rings. The Morgan fingerprint density at radius 2 is 1.75 bits per heavy atom.